The molecule has 2 unspecified atom stereocenters. The van der Waals surface area contributed by atoms with Gasteiger partial charge < -0.3 is 5.32 Å². The first-order valence-corrected chi connectivity index (χ1v) is 12.7. The number of fused-ring (bicyclic) bond motifs is 1. The molecular formula is C21H15ClN4O5S3. The number of amides is 2. The molecule has 1 spiro atoms. The molecular weight excluding hydrogens is 520 g/mol. The van der Waals surface area contributed by atoms with E-state index in [1.165, 1.54) is 34.9 Å². The summed E-state index contributed by atoms with van der Waals surface area (Å²) < 4.78 is 0. The van der Waals surface area contributed by atoms with Crippen LogP contribution in [0.25, 0.3) is 0 Å². The molecule has 0 aliphatic carbocycles. The monoisotopic (exact) mass is 534 g/mol. The van der Waals surface area contributed by atoms with E-state index in [1.54, 1.807) is 24.3 Å². The van der Waals surface area contributed by atoms with Gasteiger partial charge in [-0.1, -0.05) is 35.5 Å². The lowest BCUT2D eigenvalue weighted by Gasteiger charge is -2.41. The maximum Gasteiger partial charge on any atom is 0.271 e. The van der Waals surface area contributed by atoms with Gasteiger partial charge in [0, 0.05) is 22.7 Å². The second-order valence-electron chi connectivity index (χ2n) is 7.89. The van der Waals surface area contributed by atoms with Crippen molar-refractivity contribution in [2.45, 2.75) is 16.8 Å². The van der Waals surface area contributed by atoms with Crippen LogP contribution in [0.4, 0.5) is 11.4 Å². The summed E-state index contributed by atoms with van der Waals surface area (Å²) in [4.78, 5) is 50.2. The van der Waals surface area contributed by atoms with Gasteiger partial charge in [-0.15, -0.1) is 11.8 Å². The van der Waals surface area contributed by atoms with Crippen LogP contribution in [0.5, 0.6) is 0 Å². The van der Waals surface area contributed by atoms with E-state index in [4.69, 9.17) is 23.8 Å². The van der Waals surface area contributed by atoms with Crippen molar-refractivity contribution >= 4 is 81.4 Å². The normalized spacial score (nSPS) is 25.8. The van der Waals surface area contributed by atoms with Gasteiger partial charge >= 0.3 is 0 Å². The Morgan fingerprint density at radius 1 is 1.09 bits per heavy atom. The molecule has 2 atom stereocenters. The number of hydrogen-bond donors (Lipinski definition) is 1. The number of Topliss-reactive ketones (excluding diaryl/α,β-unsaturated/α-hetero) is 1. The largest absolute Gasteiger partial charge is 0.346 e. The third-order valence-corrected chi connectivity index (χ3v) is 9.22. The smallest absolute Gasteiger partial charge is 0.271 e. The number of ketones is 1. The number of thiocarbonyl (C=S) groups is 1. The van der Waals surface area contributed by atoms with Crippen molar-refractivity contribution in [1.82, 2.24) is 9.80 Å². The fourth-order valence-corrected chi connectivity index (χ4v) is 7.39. The Morgan fingerprint density at radius 3 is 2.41 bits per heavy atom. The fourth-order valence-electron chi connectivity index (χ4n) is 4.27. The Bertz CT molecular complexity index is 1310. The summed E-state index contributed by atoms with van der Waals surface area (Å²) in [6.45, 7) is 1.82. The summed E-state index contributed by atoms with van der Waals surface area (Å²) in [5, 5.41) is 14.6. The van der Waals surface area contributed by atoms with Crippen molar-refractivity contribution < 1.29 is 19.3 Å². The van der Waals surface area contributed by atoms with E-state index < -0.39 is 26.5 Å². The second kappa shape index (κ2) is 7.94. The molecule has 2 aromatic rings. The third kappa shape index (κ3) is 3.23. The molecule has 34 heavy (non-hydrogen) atoms. The molecule has 2 aromatic carbocycles. The number of non-ortho nitro benzene ring substituents is 1. The van der Waals surface area contributed by atoms with Crippen LogP contribution in [0, 0.1) is 10.1 Å². The summed E-state index contributed by atoms with van der Waals surface area (Å²) in [5.41, 5.74) is 1.01. The highest BCUT2D eigenvalue weighted by molar-refractivity contribution is 8.02. The van der Waals surface area contributed by atoms with Crippen LogP contribution in [-0.4, -0.2) is 53.9 Å². The number of nitro benzene ring substituents is 1. The molecule has 0 aromatic heterocycles. The molecule has 174 valence electrons. The lowest BCUT2D eigenvalue weighted by atomic mass is 10.1. The van der Waals surface area contributed by atoms with E-state index in [2.05, 4.69) is 5.32 Å². The number of benzene rings is 2. The average Bonchev–Trinajstić information content (AvgIpc) is 3.40. The first-order valence-electron chi connectivity index (χ1n) is 9.94. The van der Waals surface area contributed by atoms with Gasteiger partial charge in [0.1, 0.15) is 4.87 Å². The predicted molar refractivity (Wildman–Crippen MR) is 134 cm³/mol. The average molecular weight is 535 g/mol. The van der Waals surface area contributed by atoms with Gasteiger partial charge in [0.2, 0.25) is 22.6 Å². The Kier molecular flexibility index (Phi) is 5.39. The van der Waals surface area contributed by atoms with Crippen molar-refractivity contribution in [2.24, 2.45) is 0 Å². The zero-order chi connectivity index (χ0) is 24.4. The number of rotatable bonds is 2. The van der Waals surface area contributed by atoms with Crippen LogP contribution in [0.1, 0.15) is 22.8 Å². The fraction of sp³-hybridized carbons (Fsp3) is 0.238. The minimum absolute atomic E-state index is 0.0538. The van der Waals surface area contributed by atoms with E-state index in [0.717, 1.165) is 22.2 Å². The van der Waals surface area contributed by atoms with Gasteiger partial charge in [-0.2, -0.15) is 0 Å². The number of carbonyl (C=O) groups is 3. The highest BCUT2D eigenvalue weighted by Crippen LogP contribution is 2.50. The number of anilines is 1. The summed E-state index contributed by atoms with van der Waals surface area (Å²) in [5.74, 6) is -1.12. The van der Waals surface area contributed by atoms with E-state index in [-0.39, 0.29) is 39.5 Å². The van der Waals surface area contributed by atoms with Gasteiger partial charge in [0.25, 0.3) is 5.69 Å². The van der Waals surface area contributed by atoms with Crippen LogP contribution in [0.3, 0.4) is 0 Å². The number of hydrogen-bond acceptors (Lipinski definition) is 9. The molecule has 3 heterocycles. The topological polar surface area (TPSA) is 113 Å². The first kappa shape index (κ1) is 23.1. The Hall–Kier alpha value is -2.67. The number of nitrogens with zero attached hydrogens (tertiary/aromatic N) is 3. The van der Waals surface area contributed by atoms with E-state index in [0.29, 0.717) is 5.02 Å². The molecule has 3 aliphatic rings. The quantitative estimate of drug-likeness (QED) is 0.349. The van der Waals surface area contributed by atoms with Crippen molar-refractivity contribution in [2.75, 3.05) is 16.8 Å². The van der Waals surface area contributed by atoms with Crippen LogP contribution < -0.4 is 5.32 Å². The first-order chi connectivity index (χ1) is 16.1. The van der Waals surface area contributed by atoms with Gasteiger partial charge in [-0.05, 0) is 42.9 Å². The van der Waals surface area contributed by atoms with Gasteiger partial charge in [0.15, 0.2) is 5.11 Å². The van der Waals surface area contributed by atoms with Crippen LogP contribution in [0.15, 0.2) is 42.5 Å². The van der Waals surface area contributed by atoms with Gasteiger partial charge in [0.05, 0.1) is 22.1 Å². The Morgan fingerprint density at radius 2 is 1.74 bits per heavy atom. The molecule has 2 fully saturated rings. The standard InChI is InChI=1S/C21H15ClN4O5S3/c1-20(11-2-4-12(22)5-3-11)24(16(27)9-33-20)19(32)25-17(28)10-34-21(25)18(29)14-7-6-13(26(30)31)8-15(14)23-21/h2-8,23H,9-10H2,1H3. The zero-order valence-electron chi connectivity index (χ0n) is 17.4. The summed E-state index contributed by atoms with van der Waals surface area (Å²) in [6.07, 6.45) is 0. The molecule has 1 N–H and O–H groups in total. The minimum Gasteiger partial charge on any atom is -0.346 e. The minimum atomic E-state index is -1.62. The number of thioether (sulfide) groups is 2. The molecule has 13 heteroatoms. The highest BCUT2D eigenvalue weighted by Gasteiger charge is 2.61. The van der Waals surface area contributed by atoms with Gasteiger partial charge in [-0.25, -0.2) is 4.90 Å². The number of halogens is 1. The maximum absolute atomic E-state index is 13.5. The molecule has 9 nitrogen and oxygen atoms in total. The molecule has 0 saturated carbocycles. The van der Waals surface area contributed by atoms with E-state index in [9.17, 15) is 24.5 Å². The molecule has 2 amide bonds. The lowest BCUT2D eigenvalue weighted by Crippen LogP contribution is -2.61. The van der Waals surface area contributed by atoms with Crippen molar-refractivity contribution in [3.63, 3.8) is 0 Å². The Balaban J connectivity index is 1.55. The Labute approximate surface area is 212 Å². The second-order valence-corrected chi connectivity index (χ2v) is 11.2. The zero-order valence-corrected chi connectivity index (χ0v) is 20.6. The van der Waals surface area contributed by atoms with Crippen molar-refractivity contribution in [3.05, 3.63) is 68.7 Å². The summed E-state index contributed by atoms with van der Waals surface area (Å²) in [6, 6.07) is 10.8. The van der Waals surface area contributed by atoms with Crippen LogP contribution >= 0.6 is 47.3 Å². The van der Waals surface area contributed by atoms with E-state index in [1.807, 2.05) is 6.92 Å². The van der Waals surface area contributed by atoms with E-state index >= 15 is 0 Å². The third-order valence-electron chi connectivity index (χ3n) is 5.95. The van der Waals surface area contributed by atoms with Crippen LogP contribution in [0.2, 0.25) is 5.02 Å². The van der Waals surface area contributed by atoms with Crippen molar-refractivity contribution in [1.29, 1.82) is 0 Å². The molecule has 2 saturated heterocycles. The maximum atomic E-state index is 13.5. The number of nitrogens with one attached hydrogen (secondary N) is 1. The molecule has 0 radical (unpaired) electrons. The predicted octanol–water partition coefficient (Wildman–Crippen LogP) is 3.82. The van der Waals surface area contributed by atoms with Crippen molar-refractivity contribution in [3.8, 4) is 0 Å². The summed E-state index contributed by atoms with van der Waals surface area (Å²) >= 11 is 14.1. The lowest BCUT2D eigenvalue weighted by molar-refractivity contribution is -0.384. The van der Waals surface area contributed by atoms with Gasteiger partial charge in [-0.3, -0.25) is 29.4 Å². The highest BCUT2D eigenvalue weighted by atomic mass is 35.5. The molecule has 5 rings (SSSR count). The number of carbonyl (C=O) groups excluding carboxylic acids is 3. The molecule has 3 aliphatic heterocycles. The van der Waals surface area contributed by atoms with Crippen LogP contribution in [-0.2, 0) is 14.5 Å². The SMILES string of the molecule is CC1(c2ccc(Cl)cc2)SCC(=O)N1C(=S)N1C(=O)CSC12Nc1cc([N+](=O)[O-])ccc1C2=O. The molecule has 0 bridgehead atoms. The number of nitro groups is 1. The summed E-state index contributed by atoms with van der Waals surface area (Å²) in [7, 11) is 0.